The Labute approximate surface area is 117 Å². The van der Waals surface area contributed by atoms with Gasteiger partial charge < -0.3 is 15.7 Å². The van der Waals surface area contributed by atoms with Gasteiger partial charge in [0, 0.05) is 24.0 Å². The molecule has 2 rings (SSSR count). The van der Waals surface area contributed by atoms with Crippen molar-refractivity contribution in [3.8, 4) is 11.8 Å². The Balaban J connectivity index is 1.98. The summed E-state index contributed by atoms with van der Waals surface area (Å²) in [5.74, 6) is -0.419. The Kier molecular flexibility index (Phi) is 4.61. The van der Waals surface area contributed by atoms with Crippen LogP contribution in [0.5, 0.6) is 5.75 Å². The van der Waals surface area contributed by atoms with E-state index in [-0.39, 0.29) is 11.3 Å². The normalized spacial score (nSPS) is 15.7. The van der Waals surface area contributed by atoms with Crippen LogP contribution in [0.3, 0.4) is 0 Å². The number of phenolic OH excluding ortho intramolecular Hbond substituents is 1. The summed E-state index contributed by atoms with van der Waals surface area (Å²) >= 11 is 0. The summed E-state index contributed by atoms with van der Waals surface area (Å²) in [6, 6.07) is 8.45. The van der Waals surface area contributed by atoms with Crippen molar-refractivity contribution < 1.29 is 9.90 Å². The van der Waals surface area contributed by atoms with Crippen molar-refractivity contribution in [1.29, 1.82) is 5.26 Å². The summed E-state index contributed by atoms with van der Waals surface area (Å²) in [7, 11) is 0. The molecule has 0 aliphatic heterocycles. The lowest BCUT2D eigenvalue weighted by atomic mass is 10.2. The third-order valence-corrected chi connectivity index (χ3v) is 3.29. The predicted octanol–water partition coefficient (Wildman–Crippen LogP) is 2.27. The number of anilines is 1. The van der Waals surface area contributed by atoms with Crippen molar-refractivity contribution >= 4 is 11.6 Å². The largest absolute Gasteiger partial charge is 0.508 e. The molecule has 3 N–H and O–H groups in total. The summed E-state index contributed by atoms with van der Waals surface area (Å²) < 4.78 is 0. The van der Waals surface area contributed by atoms with Gasteiger partial charge in [-0.1, -0.05) is 18.9 Å². The highest BCUT2D eigenvalue weighted by atomic mass is 16.3. The molecular formula is C15H17N3O2. The Hall–Kier alpha value is -2.48. The molecule has 1 aromatic rings. The molecule has 5 nitrogen and oxygen atoms in total. The van der Waals surface area contributed by atoms with Crippen LogP contribution in [0.25, 0.3) is 0 Å². The number of hydrogen-bond donors (Lipinski definition) is 3. The van der Waals surface area contributed by atoms with Gasteiger partial charge in [-0.25, -0.2) is 0 Å². The van der Waals surface area contributed by atoms with Crippen molar-refractivity contribution in [2.24, 2.45) is 0 Å². The van der Waals surface area contributed by atoms with Crippen LogP contribution in [0.2, 0.25) is 0 Å². The number of rotatable bonds is 4. The number of carbonyl (C=O) groups is 1. The summed E-state index contributed by atoms with van der Waals surface area (Å²) in [5.41, 5.74) is 0.484. The number of aromatic hydroxyl groups is 1. The molecule has 5 heteroatoms. The quantitative estimate of drug-likeness (QED) is 0.579. The summed E-state index contributed by atoms with van der Waals surface area (Å²) in [4.78, 5) is 11.9. The number of hydrogen-bond acceptors (Lipinski definition) is 4. The van der Waals surface area contributed by atoms with E-state index in [0.717, 1.165) is 12.8 Å². The van der Waals surface area contributed by atoms with E-state index in [9.17, 15) is 9.90 Å². The highest BCUT2D eigenvalue weighted by molar-refractivity contribution is 6.06. The van der Waals surface area contributed by atoms with Gasteiger partial charge in [0.2, 0.25) is 0 Å². The molecule has 1 fully saturated rings. The number of nitrogens with one attached hydrogen (secondary N) is 2. The molecule has 0 heterocycles. The van der Waals surface area contributed by atoms with Crippen LogP contribution in [0.4, 0.5) is 5.69 Å². The predicted molar refractivity (Wildman–Crippen MR) is 75.8 cm³/mol. The molecule has 0 unspecified atom stereocenters. The lowest BCUT2D eigenvalue weighted by molar-refractivity contribution is -0.112. The van der Waals surface area contributed by atoms with Gasteiger partial charge in [0.1, 0.15) is 17.4 Å². The molecule has 1 saturated carbocycles. The maximum Gasteiger partial charge on any atom is 0.267 e. The Bertz CT molecular complexity index is 554. The van der Waals surface area contributed by atoms with Gasteiger partial charge >= 0.3 is 0 Å². The maximum absolute atomic E-state index is 11.9. The van der Waals surface area contributed by atoms with Gasteiger partial charge in [-0.15, -0.1) is 0 Å². The molecule has 104 valence electrons. The van der Waals surface area contributed by atoms with Crippen molar-refractivity contribution in [1.82, 2.24) is 5.32 Å². The van der Waals surface area contributed by atoms with Gasteiger partial charge in [-0.2, -0.15) is 5.26 Å². The van der Waals surface area contributed by atoms with Crippen molar-refractivity contribution in [2.45, 2.75) is 31.7 Å². The molecule has 1 aromatic carbocycles. The van der Waals surface area contributed by atoms with Gasteiger partial charge in [-0.05, 0) is 25.0 Å². The molecule has 0 atom stereocenters. The third-order valence-electron chi connectivity index (χ3n) is 3.29. The Morgan fingerprint density at radius 3 is 2.80 bits per heavy atom. The number of carbonyl (C=O) groups excluding carboxylic acids is 1. The van der Waals surface area contributed by atoms with E-state index in [2.05, 4.69) is 10.6 Å². The number of amides is 1. The zero-order chi connectivity index (χ0) is 14.4. The van der Waals surface area contributed by atoms with Crippen LogP contribution in [-0.4, -0.2) is 17.1 Å². The van der Waals surface area contributed by atoms with E-state index in [1.165, 1.54) is 31.2 Å². The van der Waals surface area contributed by atoms with Gasteiger partial charge in [-0.3, -0.25) is 4.79 Å². The van der Waals surface area contributed by atoms with Crippen molar-refractivity contribution in [3.63, 3.8) is 0 Å². The molecule has 0 aromatic heterocycles. The molecular weight excluding hydrogens is 254 g/mol. The number of nitrogens with zero attached hydrogens (tertiary/aromatic N) is 1. The minimum absolute atomic E-state index is 0.0280. The van der Waals surface area contributed by atoms with E-state index in [0.29, 0.717) is 11.7 Å². The van der Waals surface area contributed by atoms with E-state index in [1.807, 2.05) is 6.07 Å². The van der Waals surface area contributed by atoms with Crippen LogP contribution in [-0.2, 0) is 4.79 Å². The first-order valence-corrected chi connectivity index (χ1v) is 6.66. The van der Waals surface area contributed by atoms with Crippen molar-refractivity contribution in [3.05, 3.63) is 36.0 Å². The lowest BCUT2D eigenvalue weighted by Crippen LogP contribution is -2.23. The fraction of sp³-hybridized carbons (Fsp3) is 0.333. The topological polar surface area (TPSA) is 85.2 Å². The van der Waals surface area contributed by atoms with E-state index in [4.69, 9.17) is 5.26 Å². The second kappa shape index (κ2) is 6.62. The summed E-state index contributed by atoms with van der Waals surface area (Å²) in [6.45, 7) is 0. The number of nitriles is 1. The van der Waals surface area contributed by atoms with Gasteiger partial charge in [0.25, 0.3) is 5.91 Å². The molecule has 20 heavy (non-hydrogen) atoms. The lowest BCUT2D eigenvalue weighted by Gasteiger charge is -2.09. The van der Waals surface area contributed by atoms with Crippen LogP contribution < -0.4 is 10.6 Å². The maximum atomic E-state index is 11.9. The van der Waals surface area contributed by atoms with Gasteiger partial charge in [0.05, 0.1) is 0 Å². The zero-order valence-corrected chi connectivity index (χ0v) is 11.1. The fourth-order valence-electron chi connectivity index (χ4n) is 2.22. The average Bonchev–Trinajstić information content (AvgIpc) is 2.92. The SMILES string of the molecule is N#C/C(=C/NC1CCCC1)C(=O)Nc1cccc(O)c1. The number of benzene rings is 1. The standard InChI is InChI=1S/C15H17N3O2/c16-9-11(10-17-12-4-1-2-5-12)15(20)18-13-6-3-7-14(19)8-13/h3,6-8,10,12,17,19H,1-2,4-5H2,(H,18,20)/b11-10-. The monoisotopic (exact) mass is 271 g/mol. The molecule has 1 aliphatic rings. The molecule has 1 amide bonds. The zero-order valence-electron chi connectivity index (χ0n) is 11.1. The average molecular weight is 271 g/mol. The minimum atomic E-state index is -0.483. The molecule has 1 aliphatic carbocycles. The van der Waals surface area contributed by atoms with Crippen molar-refractivity contribution in [2.75, 3.05) is 5.32 Å². The fourth-order valence-corrected chi connectivity index (χ4v) is 2.22. The third kappa shape index (κ3) is 3.75. The van der Waals surface area contributed by atoms with Gasteiger partial charge in [0.15, 0.2) is 0 Å². The molecule has 0 saturated heterocycles. The summed E-state index contributed by atoms with van der Waals surface area (Å²) in [5, 5.41) is 24.1. The van der Waals surface area contributed by atoms with Crippen LogP contribution in [0.1, 0.15) is 25.7 Å². The second-order valence-electron chi connectivity index (χ2n) is 4.82. The van der Waals surface area contributed by atoms with E-state index in [1.54, 1.807) is 12.1 Å². The number of phenols is 1. The minimum Gasteiger partial charge on any atom is -0.508 e. The van der Waals surface area contributed by atoms with E-state index < -0.39 is 5.91 Å². The van der Waals surface area contributed by atoms with Crippen LogP contribution >= 0.6 is 0 Å². The first-order valence-electron chi connectivity index (χ1n) is 6.66. The Morgan fingerprint density at radius 2 is 2.15 bits per heavy atom. The second-order valence-corrected chi connectivity index (χ2v) is 4.82. The summed E-state index contributed by atoms with van der Waals surface area (Å²) in [6.07, 6.45) is 5.99. The molecule has 0 spiro atoms. The Morgan fingerprint density at radius 1 is 1.40 bits per heavy atom. The molecule has 0 bridgehead atoms. The first kappa shape index (κ1) is 13.9. The van der Waals surface area contributed by atoms with E-state index >= 15 is 0 Å². The van der Waals surface area contributed by atoms with Crippen LogP contribution in [0, 0.1) is 11.3 Å². The van der Waals surface area contributed by atoms with Crippen LogP contribution in [0.15, 0.2) is 36.0 Å². The molecule has 0 radical (unpaired) electrons. The highest BCUT2D eigenvalue weighted by Crippen LogP contribution is 2.18. The highest BCUT2D eigenvalue weighted by Gasteiger charge is 2.15. The first-order chi connectivity index (χ1) is 9.69. The smallest absolute Gasteiger partial charge is 0.267 e.